The molecule has 20 heavy (non-hydrogen) atoms. The van der Waals surface area contributed by atoms with Gasteiger partial charge in [-0.25, -0.2) is 13.6 Å². The van der Waals surface area contributed by atoms with E-state index in [1.54, 1.807) is 4.90 Å². The van der Waals surface area contributed by atoms with Gasteiger partial charge in [-0.05, 0) is 25.0 Å². The molecule has 0 saturated heterocycles. The molecule has 0 spiro atoms. The molecule has 0 saturated carbocycles. The van der Waals surface area contributed by atoms with Crippen molar-refractivity contribution in [1.82, 2.24) is 4.90 Å². The quantitative estimate of drug-likeness (QED) is 0.790. The molecule has 0 fully saturated rings. The van der Waals surface area contributed by atoms with Crippen molar-refractivity contribution < 1.29 is 13.6 Å². The van der Waals surface area contributed by atoms with Crippen LogP contribution in [-0.4, -0.2) is 24.0 Å². The van der Waals surface area contributed by atoms with Crippen LogP contribution in [0.15, 0.2) is 18.2 Å². The number of nitrogens with one attached hydrogen (secondary N) is 1. The molecular weight excluding hydrogens is 262 g/mol. The van der Waals surface area contributed by atoms with Crippen LogP contribution in [0.2, 0.25) is 0 Å². The molecule has 112 valence electrons. The molecule has 1 N–H and O–H groups in total. The van der Waals surface area contributed by atoms with Crippen molar-refractivity contribution in [3.8, 4) is 0 Å². The Morgan fingerprint density at radius 1 is 1.15 bits per heavy atom. The smallest absolute Gasteiger partial charge is 0.321 e. The maximum absolute atomic E-state index is 13.5. The number of benzene rings is 1. The number of carbonyl (C=O) groups is 1. The fourth-order valence-electron chi connectivity index (χ4n) is 1.80. The molecule has 0 aliphatic rings. The predicted octanol–water partition coefficient (Wildman–Crippen LogP) is 4.40. The normalized spacial score (nSPS) is 10.4. The van der Waals surface area contributed by atoms with E-state index in [-0.39, 0.29) is 11.7 Å². The number of hydrogen-bond donors (Lipinski definition) is 1. The summed E-state index contributed by atoms with van der Waals surface area (Å²) >= 11 is 0. The molecule has 0 unspecified atom stereocenters. The summed E-state index contributed by atoms with van der Waals surface area (Å²) < 4.78 is 26.3. The number of rotatable bonds is 7. The third kappa shape index (κ3) is 5.15. The van der Waals surface area contributed by atoms with E-state index in [2.05, 4.69) is 19.2 Å². The third-order valence-corrected chi connectivity index (χ3v) is 3.02. The monoisotopic (exact) mass is 284 g/mol. The second-order valence-corrected chi connectivity index (χ2v) is 4.75. The van der Waals surface area contributed by atoms with E-state index in [0.29, 0.717) is 13.1 Å². The number of amides is 2. The summed E-state index contributed by atoms with van der Waals surface area (Å²) in [6, 6.07) is 2.79. The van der Waals surface area contributed by atoms with Crippen LogP contribution in [-0.2, 0) is 0 Å². The lowest BCUT2D eigenvalue weighted by Gasteiger charge is -2.23. The Hall–Kier alpha value is -1.65. The zero-order valence-electron chi connectivity index (χ0n) is 12.1. The highest BCUT2D eigenvalue weighted by Gasteiger charge is 2.14. The highest BCUT2D eigenvalue weighted by molar-refractivity contribution is 5.89. The van der Waals surface area contributed by atoms with Gasteiger partial charge in [0.2, 0.25) is 0 Å². The van der Waals surface area contributed by atoms with Gasteiger partial charge < -0.3 is 10.2 Å². The zero-order chi connectivity index (χ0) is 15.0. The van der Waals surface area contributed by atoms with E-state index in [9.17, 15) is 13.6 Å². The molecule has 0 atom stereocenters. The van der Waals surface area contributed by atoms with Crippen molar-refractivity contribution in [2.45, 2.75) is 39.5 Å². The molecule has 5 heteroatoms. The summed E-state index contributed by atoms with van der Waals surface area (Å²) in [7, 11) is 0. The van der Waals surface area contributed by atoms with Crippen molar-refractivity contribution in [2.75, 3.05) is 18.4 Å². The van der Waals surface area contributed by atoms with Crippen LogP contribution in [0.5, 0.6) is 0 Å². The Morgan fingerprint density at radius 2 is 1.75 bits per heavy atom. The van der Waals surface area contributed by atoms with Crippen LogP contribution < -0.4 is 5.32 Å². The molecular formula is C15H22F2N2O. The van der Waals surface area contributed by atoms with E-state index >= 15 is 0 Å². The summed E-state index contributed by atoms with van der Waals surface area (Å²) in [6.07, 6.45) is 3.79. The number of hydrogen-bond acceptors (Lipinski definition) is 1. The fourth-order valence-corrected chi connectivity index (χ4v) is 1.80. The van der Waals surface area contributed by atoms with Gasteiger partial charge in [0.05, 0.1) is 5.69 Å². The number of unbranched alkanes of at least 4 members (excludes halogenated alkanes) is 2. The van der Waals surface area contributed by atoms with Gasteiger partial charge >= 0.3 is 6.03 Å². The summed E-state index contributed by atoms with van der Waals surface area (Å²) in [5.74, 6) is -1.42. The first kappa shape index (κ1) is 16.4. The van der Waals surface area contributed by atoms with Gasteiger partial charge in [0, 0.05) is 19.2 Å². The fraction of sp³-hybridized carbons (Fsp3) is 0.533. The minimum atomic E-state index is -0.760. The number of carbonyl (C=O) groups excluding carboxylic acids is 1. The number of anilines is 1. The van der Waals surface area contributed by atoms with Gasteiger partial charge in [-0.2, -0.15) is 0 Å². The lowest BCUT2D eigenvalue weighted by molar-refractivity contribution is 0.209. The Kier molecular flexibility index (Phi) is 6.98. The van der Waals surface area contributed by atoms with Crippen LogP contribution >= 0.6 is 0 Å². The van der Waals surface area contributed by atoms with Gasteiger partial charge in [-0.1, -0.05) is 26.7 Å². The van der Waals surface area contributed by atoms with Crippen molar-refractivity contribution in [3.63, 3.8) is 0 Å². The minimum Gasteiger partial charge on any atom is -0.325 e. The minimum absolute atomic E-state index is 0.00870. The molecule has 0 aliphatic heterocycles. The summed E-state index contributed by atoms with van der Waals surface area (Å²) in [5, 5.41) is 2.50. The zero-order valence-corrected chi connectivity index (χ0v) is 12.1. The average molecular weight is 284 g/mol. The molecule has 0 aliphatic carbocycles. The first-order valence-electron chi connectivity index (χ1n) is 7.09. The van der Waals surface area contributed by atoms with Crippen LogP contribution in [0.4, 0.5) is 19.3 Å². The first-order valence-corrected chi connectivity index (χ1v) is 7.09. The molecule has 3 nitrogen and oxygen atoms in total. The van der Waals surface area contributed by atoms with Crippen molar-refractivity contribution >= 4 is 11.7 Å². The third-order valence-electron chi connectivity index (χ3n) is 3.02. The SMILES string of the molecule is CCCCN(CCCC)C(=O)Nc1ccc(F)cc1F. The molecule has 0 heterocycles. The van der Waals surface area contributed by atoms with E-state index in [1.807, 2.05) is 0 Å². The van der Waals surface area contributed by atoms with Crippen molar-refractivity contribution in [1.29, 1.82) is 0 Å². The number of nitrogens with zero attached hydrogens (tertiary/aromatic N) is 1. The number of urea groups is 1. The highest BCUT2D eigenvalue weighted by atomic mass is 19.1. The molecule has 0 aromatic heterocycles. The summed E-state index contributed by atoms with van der Waals surface area (Å²) in [4.78, 5) is 13.8. The second-order valence-electron chi connectivity index (χ2n) is 4.75. The number of halogens is 2. The molecule has 1 aromatic carbocycles. The van der Waals surface area contributed by atoms with Crippen LogP contribution in [0, 0.1) is 11.6 Å². The van der Waals surface area contributed by atoms with Crippen molar-refractivity contribution in [2.24, 2.45) is 0 Å². The topological polar surface area (TPSA) is 32.3 Å². The molecule has 1 aromatic rings. The summed E-state index contributed by atoms with van der Waals surface area (Å²) in [6.45, 7) is 5.39. The van der Waals surface area contributed by atoms with Gasteiger partial charge in [0.15, 0.2) is 0 Å². The largest absolute Gasteiger partial charge is 0.325 e. The van der Waals surface area contributed by atoms with Gasteiger partial charge in [0.1, 0.15) is 11.6 Å². The van der Waals surface area contributed by atoms with Gasteiger partial charge in [0.25, 0.3) is 0 Å². The van der Waals surface area contributed by atoms with Gasteiger partial charge in [-0.15, -0.1) is 0 Å². The maximum Gasteiger partial charge on any atom is 0.321 e. The molecule has 1 rings (SSSR count). The van der Waals surface area contributed by atoms with E-state index < -0.39 is 11.6 Å². The maximum atomic E-state index is 13.5. The average Bonchev–Trinajstić information content (AvgIpc) is 2.42. The molecule has 0 radical (unpaired) electrons. The molecule has 0 bridgehead atoms. The standard InChI is InChI=1S/C15H22F2N2O/c1-3-5-9-19(10-6-4-2)15(20)18-14-8-7-12(16)11-13(14)17/h7-8,11H,3-6,9-10H2,1-2H3,(H,18,20). The summed E-state index contributed by atoms with van der Waals surface area (Å²) in [5.41, 5.74) is 0.00870. The Balaban J connectivity index is 2.68. The highest BCUT2D eigenvalue weighted by Crippen LogP contribution is 2.15. The van der Waals surface area contributed by atoms with Crippen LogP contribution in [0.25, 0.3) is 0 Å². The van der Waals surface area contributed by atoms with Crippen molar-refractivity contribution in [3.05, 3.63) is 29.8 Å². The van der Waals surface area contributed by atoms with E-state index in [1.165, 1.54) is 6.07 Å². The predicted molar refractivity (Wildman–Crippen MR) is 76.8 cm³/mol. The van der Waals surface area contributed by atoms with Crippen LogP contribution in [0.3, 0.4) is 0 Å². The lowest BCUT2D eigenvalue weighted by Crippen LogP contribution is -2.36. The van der Waals surface area contributed by atoms with Gasteiger partial charge in [-0.3, -0.25) is 0 Å². The lowest BCUT2D eigenvalue weighted by atomic mass is 10.2. The Labute approximate surface area is 119 Å². The molecule has 2 amide bonds. The Bertz CT molecular complexity index is 430. The van der Waals surface area contributed by atoms with Crippen LogP contribution in [0.1, 0.15) is 39.5 Å². The second kappa shape index (κ2) is 8.51. The van der Waals surface area contributed by atoms with E-state index in [4.69, 9.17) is 0 Å². The Morgan fingerprint density at radius 3 is 2.25 bits per heavy atom. The first-order chi connectivity index (χ1) is 9.58. The van der Waals surface area contributed by atoms with E-state index in [0.717, 1.165) is 37.8 Å².